The zero-order valence-corrected chi connectivity index (χ0v) is 15.9. The summed E-state index contributed by atoms with van der Waals surface area (Å²) in [7, 11) is 0. The molecule has 5 heteroatoms. The van der Waals surface area contributed by atoms with Crippen LogP contribution in [0, 0.1) is 0 Å². The Labute approximate surface area is 168 Å². The van der Waals surface area contributed by atoms with Gasteiger partial charge in [0.15, 0.2) is 11.6 Å². The van der Waals surface area contributed by atoms with E-state index in [0.29, 0.717) is 23.0 Å². The normalized spacial score (nSPS) is 10.9. The third-order valence-corrected chi connectivity index (χ3v) is 4.23. The topological polar surface area (TPSA) is 57.0 Å². The molecule has 0 saturated heterocycles. The molecule has 0 aliphatic heterocycles. The van der Waals surface area contributed by atoms with Gasteiger partial charge in [0, 0.05) is 6.92 Å². The van der Waals surface area contributed by atoms with Crippen molar-refractivity contribution in [2.45, 2.75) is 6.92 Å². The van der Waals surface area contributed by atoms with Crippen LogP contribution >= 0.6 is 0 Å². The molecule has 0 spiro atoms. The van der Waals surface area contributed by atoms with E-state index in [9.17, 15) is 4.79 Å². The minimum atomic E-state index is -0.382. The maximum atomic E-state index is 11.5. The number of carbonyl (C=O) groups excluding carboxylic acids is 1. The lowest BCUT2D eigenvalue weighted by molar-refractivity contribution is -0.131. The van der Waals surface area contributed by atoms with Gasteiger partial charge in [-0.1, -0.05) is 66.7 Å². The zero-order valence-electron chi connectivity index (χ0n) is 15.9. The molecule has 142 valence electrons. The van der Waals surface area contributed by atoms with Crippen LogP contribution in [0.15, 0.2) is 84.9 Å². The highest BCUT2D eigenvalue weighted by molar-refractivity contribution is 5.75. The van der Waals surface area contributed by atoms with Gasteiger partial charge in [0.25, 0.3) is 0 Å². The molecule has 4 aromatic rings. The number of aromatic nitrogens is 3. The minimum Gasteiger partial charge on any atom is -0.426 e. The molecule has 0 amide bonds. The number of hydrogen-bond acceptors (Lipinski definition) is 4. The Morgan fingerprint density at radius 1 is 0.862 bits per heavy atom. The standard InChI is InChI=1S/C24H19N3O2/c1-18(28)29-22-15-9-8-14-21(22)24-25-23(17-16-19-10-4-2-5-11-19)26-27(24)20-12-6-3-7-13-20/h2-17H,1H3/b17-16+. The number of benzene rings is 3. The smallest absolute Gasteiger partial charge is 0.308 e. The van der Waals surface area contributed by atoms with E-state index < -0.39 is 0 Å². The fraction of sp³-hybridized carbons (Fsp3) is 0.0417. The molecule has 0 bridgehead atoms. The summed E-state index contributed by atoms with van der Waals surface area (Å²) < 4.78 is 7.15. The van der Waals surface area contributed by atoms with Crippen molar-refractivity contribution in [1.82, 2.24) is 14.8 Å². The molecule has 0 aliphatic carbocycles. The largest absolute Gasteiger partial charge is 0.426 e. The summed E-state index contributed by atoms with van der Waals surface area (Å²) in [6.45, 7) is 1.38. The number of carbonyl (C=O) groups is 1. The van der Waals surface area contributed by atoms with Gasteiger partial charge in [-0.2, -0.15) is 0 Å². The summed E-state index contributed by atoms with van der Waals surface area (Å²) in [5, 5.41) is 4.67. The van der Waals surface area contributed by atoms with Gasteiger partial charge in [-0.15, -0.1) is 5.10 Å². The fourth-order valence-corrected chi connectivity index (χ4v) is 2.95. The van der Waals surface area contributed by atoms with E-state index in [1.807, 2.05) is 91.0 Å². The molecule has 29 heavy (non-hydrogen) atoms. The first-order valence-electron chi connectivity index (χ1n) is 9.24. The molecule has 5 nitrogen and oxygen atoms in total. The van der Waals surface area contributed by atoms with Crippen LogP contribution in [0.5, 0.6) is 5.75 Å². The second kappa shape index (κ2) is 8.35. The van der Waals surface area contributed by atoms with Crippen LogP contribution in [0.4, 0.5) is 0 Å². The molecule has 0 radical (unpaired) electrons. The van der Waals surface area contributed by atoms with Gasteiger partial charge in [0.2, 0.25) is 0 Å². The number of nitrogens with zero attached hydrogens (tertiary/aromatic N) is 3. The predicted octanol–water partition coefficient (Wildman–Crippen LogP) is 5.03. The van der Waals surface area contributed by atoms with Crippen molar-refractivity contribution in [3.05, 3.63) is 96.3 Å². The maximum absolute atomic E-state index is 11.5. The Balaban J connectivity index is 1.82. The second-order valence-corrected chi connectivity index (χ2v) is 6.37. The summed E-state index contributed by atoms with van der Waals surface area (Å²) in [6.07, 6.45) is 3.83. The molecule has 1 aromatic heterocycles. The summed E-state index contributed by atoms with van der Waals surface area (Å²) in [5.74, 6) is 1.22. The highest BCUT2D eigenvalue weighted by Crippen LogP contribution is 2.30. The summed E-state index contributed by atoms with van der Waals surface area (Å²) in [6, 6.07) is 27.0. The van der Waals surface area contributed by atoms with Crippen LogP contribution in [0.1, 0.15) is 18.3 Å². The molecule has 0 saturated carbocycles. The van der Waals surface area contributed by atoms with Gasteiger partial charge in [-0.3, -0.25) is 4.79 Å². The van der Waals surface area contributed by atoms with Crippen molar-refractivity contribution in [1.29, 1.82) is 0 Å². The molecular weight excluding hydrogens is 362 g/mol. The summed E-state index contributed by atoms with van der Waals surface area (Å²) in [4.78, 5) is 16.3. The number of rotatable bonds is 5. The van der Waals surface area contributed by atoms with Gasteiger partial charge < -0.3 is 4.74 Å². The van der Waals surface area contributed by atoms with Crippen molar-refractivity contribution in [3.63, 3.8) is 0 Å². The van der Waals surface area contributed by atoms with Crippen molar-refractivity contribution in [3.8, 4) is 22.8 Å². The number of ether oxygens (including phenoxy) is 1. The monoisotopic (exact) mass is 381 g/mol. The van der Waals surface area contributed by atoms with Crippen LogP contribution in [0.2, 0.25) is 0 Å². The van der Waals surface area contributed by atoms with Crippen LogP contribution in [-0.4, -0.2) is 20.7 Å². The lowest BCUT2D eigenvalue weighted by Crippen LogP contribution is -2.05. The number of para-hydroxylation sites is 2. The molecule has 0 unspecified atom stereocenters. The van der Waals surface area contributed by atoms with Gasteiger partial charge >= 0.3 is 5.97 Å². The number of esters is 1. The molecule has 1 heterocycles. The van der Waals surface area contributed by atoms with Crippen LogP contribution in [0.3, 0.4) is 0 Å². The lowest BCUT2D eigenvalue weighted by atomic mass is 10.2. The van der Waals surface area contributed by atoms with E-state index >= 15 is 0 Å². The van der Waals surface area contributed by atoms with Crippen molar-refractivity contribution >= 4 is 18.1 Å². The second-order valence-electron chi connectivity index (χ2n) is 6.37. The maximum Gasteiger partial charge on any atom is 0.308 e. The van der Waals surface area contributed by atoms with Gasteiger partial charge in [-0.25, -0.2) is 9.67 Å². The Hall–Kier alpha value is -3.99. The molecule has 0 aliphatic rings. The Morgan fingerprint density at radius 3 is 2.24 bits per heavy atom. The first-order chi connectivity index (χ1) is 14.2. The SMILES string of the molecule is CC(=O)Oc1ccccc1-c1nc(/C=C/c2ccccc2)nn1-c1ccccc1. The molecule has 0 N–H and O–H groups in total. The summed E-state index contributed by atoms with van der Waals surface area (Å²) in [5.41, 5.74) is 2.62. The predicted molar refractivity (Wildman–Crippen MR) is 113 cm³/mol. The quantitative estimate of drug-likeness (QED) is 0.359. The molecule has 0 fully saturated rings. The van der Waals surface area contributed by atoms with Gasteiger partial charge in [0.05, 0.1) is 11.3 Å². The fourth-order valence-electron chi connectivity index (χ4n) is 2.95. The van der Waals surface area contributed by atoms with Crippen LogP contribution in [0.25, 0.3) is 29.2 Å². The van der Waals surface area contributed by atoms with E-state index in [1.165, 1.54) is 6.92 Å². The van der Waals surface area contributed by atoms with E-state index in [-0.39, 0.29) is 5.97 Å². The van der Waals surface area contributed by atoms with Gasteiger partial charge in [0.1, 0.15) is 5.75 Å². The highest BCUT2D eigenvalue weighted by Gasteiger charge is 2.17. The average Bonchev–Trinajstić information content (AvgIpc) is 3.18. The Kier molecular flexibility index (Phi) is 5.29. The van der Waals surface area contributed by atoms with Crippen molar-refractivity contribution < 1.29 is 9.53 Å². The molecule has 0 atom stereocenters. The van der Waals surface area contributed by atoms with Gasteiger partial charge in [-0.05, 0) is 35.9 Å². The van der Waals surface area contributed by atoms with E-state index in [2.05, 4.69) is 5.10 Å². The van der Waals surface area contributed by atoms with Crippen LogP contribution < -0.4 is 4.74 Å². The van der Waals surface area contributed by atoms with E-state index in [0.717, 1.165) is 11.3 Å². The van der Waals surface area contributed by atoms with Crippen molar-refractivity contribution in [2.75, 3.05) is 0 Å². The van der Waals surface area contributed by atoms with Crippen LogP contribution in [-0.2, 0) is 4.79 Å². The first kappa shape index (κ1) is 18.4. The van der Waals surface area contributed by atoms with E-state index in [4.69, 9.17) is 9.72 Å². The third kappa shape index (κ3) is 4.30. The molecule has 3 aromatic carbocycles. The average molecular weight is 381 g/mol. The summed E-state index contributed by atoms with van der Waals surface area (Å²) >= 11 is 0. The first-order valence-corrected chi connectivity index (χ1v) is 9.24. The number of hydrogen-bond donors (Lipinski definition) is 0. The molecular formula is C24H19N3O2. The zero-order chi connectivity index (χ0) is 20.1. The Morgan fingerprint density at radius 2 is 1.52 bits per heavy atom. The minimum absolute atomic E-state index is 0.382. The van der Waals surface area contributed by atoms with Crippen molar-refractivity contribution in [2.24, 2.45) is 0 Å². The third-order valence-electron chi connectivity index (χ3n) is 4.23. The highest BCUT2D eigenvalue weighted by atomic mass is 16.5. The van der Waals surface area contributed by atoms with E-state index in [1.54, 1.807) is 10.7 Å². The Bertz CT molecular complexity index is 1150. The lowest BCUT2D eigenvalue weighted by Gasteiger charge is -2.09. The molecule has 4 rings (SSSR count).